The van der Waals surface area contributed by atoms with E-state index < -0.39 is 0 Å². The Morgan fingerprint density at radius 3 is 1.14 bits per heavy atom. The summed E-state index contributed by atoms with van der Waals surface area (Å²) in [5, 5.41) is 2.46. The van der Waals surface area contributed by atoms with Gasteiger partial charge < -0.3 is 10.8 Å². The lowest BCUT2D eigenvalue weighted by molar-refractivity contribution is -0.731. The first kappa shape index (κ1) is 19.6. The Morgan fingerprint density at radius 1 is 0.464 bits per heavy atom. The zero-order valence-corrected chi connectivity index (χ0v) is 15.8. The van der Waals surface area contributed by atoms with Crippen LogP contribution in [0.3, 0.4) is 0 Å². The Morgan fingerprint density at radius 2 is 0.786 bits per heavy atom. The van der Waals surface area contributed by atoms with Crippen LogP contribution in [0.2, 0.25) is 0 Å². The highest BCUT2D eigenvalue weighted by molar-refractivity contribution is 5.46. The van der Waals surface area contributed by atoms with Gasteiger partial charge in [0.2, 0.25) is 0 Å². The molecule has 0 saturated carbocycles. The molecule has 28 heavy (non-hydrogen) atoms. The van der Waals surface area contributed by atoms with Crippen molar-refractivity contribution in [1.82, 2.24) is 0 Å². The molecule has 0 fully saturated rings. The number of hydrogen-bond acceptors (Lipinski definition) is 1. The van der Waals surface area contributed by atoms with Gasteiger partial charge in [0.05, 0.1) is 0 Å². The Balaban J connectivity index is 0.00000225. The Hall–Kier alpha value is -3.20. The minimum absolute atomic E-state index is 0. The van der Waals surface area contributed by atoms with E-state index in [0.717, 1.165) is 6.54 Å². The van der Waals surface area contributed by atoms with Gasteiger partial charge in [-0.3, -0.25) is 0 Å². The SMILES string of the molecule is [OH-].c1ccc(C[NH2+]C(c2ccccc2)(c2ccccc2)c2ccccc2)cc1. The van der Waals surface area contributed by atoms with Gasteiger partial charge in [-0.05, 0) is 0 Å². The van der Waals surface area contributed by atoms with E-state index >= 15 is 0 Å². The van der Waals surface area contributed by atoms with Crippen LogP contribution < -0.4 is 5.32 Å². The molecule has 4 rings (SSSR count). The van der Waals surface area contributed by atoms with Crippen LogP contribution in [0.1, 0.15) is 22.3 Å². The normalized spacial score (nSPS) is 10.9. The zero-order chi connectivity index (χ0) is 18.4. The van der Waals surface area contributed by atoms with E-state index in [4.69, 9.17) is 0 Å². The van der Waals surface area contributed by atoms with E-state index in [0.29, 0.717) is 0 Å². The molecule has 0 aromatic heterocycles. The van der Waals surface area contributed by atoms with Crippen molar-refractivity contribution in [1.29, 1.82) is 0 Å². The third-order valence-electron chi connectivity index (χ3n) is 5.17. The van der Waals surface area contributed by atoms with Gasteiger partial charge >= 0.3 is 0 Å². The van der Waals surface area contributed by atoms with Gasteiger partial charge in [-0.2, -0.15) is 0 Å². The lowest BCUT2D eigenvalue weighted by Gasteiger charge is -2.33. The zero-order valence-electron chi connectivity index (χ0n) is 15.8. The number of hydrogen-bond donors (Lipinski definition) is 1. The summed E-state index contributed by atoms with van der Waals surface area (Å²) in [6, 6.07) is 43.2. The maximum absolute atomic E-state index is 2.46. The highest BCUT2D eigenvalue weighted by Gasteiger charge is 2.39. The topological polar surface area (TPSA) is 46.6 Å². The second kappa shape index (κ2) is 9.14. The molecular weight excluding hydrogens is 342 g/mol. The first-order valence-electron chi connectivity index (χ1n) is 9.44. The van der Waals surface area contributed by atoms with Crippen LogP contribution in [0.15, 0.2) is 121 Å². The third kappa shape index (κ3) is 3.89. The van der Waals surface area contributed by atoms with Crippen molar-refractivity contribution in [2.75, 3.05) is 0 Å². The summed E-state index contributed by atoms with van der Waals surface area (Å²) in [5.74, 6) is 0. The van der Waals surface area contributed by atoms with Crippen molar-refractivity contribution in [3.8, 4) is 0 Å². The summed E-state index contributed by atoms with van der Waals surface area (Å²) in [6.45, 7) is 0.902. The molecule has 0 heterocycles. The Labute approximate surface area is 166 Å². The summed E-state index contributed by atoms with van der Waals surface area (Å²) in [6.07, 6.45) is 0. The van der Waals surface area contributed by atoms with Gasteiger partial charge in [-0.25, -0.2) is 0 Å². The van der Waals surface area contributed by atoms with Gasteiger partial charge in [-0.15, -0.1) is 0 Å². The molecular formula is C26H25NO. The fourth-order valence-corrected chi connectivity index (χ4v) is 3.84. The fraction of sp³-hybridized carbons (Fsp3) is 0.0769. The maximum Gasteiger partial charge on any atom is 0.173 e. The van der Waals surface area contributed by atoms with Crippen LogP contribution >= 0.6 is 0 Å². The van der Waals surface area contributed by atoms with E-state index in [1.807, 2.05) is 0 Å². The molecule has 4 aromatic carbocycles. The second-order valence-electron chi connectivity index (χ2n) is 6.80. The average molecular weight is 367 g/mol. The first-order chi connectivity index (χ1) is 13.4. The monoisotopic (exact) mass is 367 g/mol. The van der Waals surface area contributed by atoms with Gasteiger partial charge in [0.1, 0.15) is 6.54 Å². The quantitative estimate of drug-likeness (QED) is 0.499. The summed E-state index contributed by atoms with van der Waals surface area (Å²) >= 11 is 0. The van der Waals surface area contributed by atoms with Crippen LogP contribution in [0.4, 0.5) is 0 Å². The number of nitrogens with two attached hydrogens (primary N) is 1. The minimum atomic E-state index is -0.292. The number of benzene rings is 4. The Bertz CT molecular complexity index is 858. The highest BCUT2D eigenvalue weighted by atomic mass is 16.0. The largest absolute Gasteiger partial charge is 0.870 e. The molecule has 0 aliphatic carbocycles. The van der Waals surface area contributed by atoms with Crippen LogP contribution in [0.25, 0.3) is 0 Å². The van der Waals surface area contributed by atoms with Crippen molar-refractivity contribution in [3.63, 3.8) is 0 Å². The highest BCUT2D eigenvalue weighted by Crippen LogP contribution is 2.33. The molecule has 0 aliphatic heterocycles. The molecule has 0 atom stereocenters. The van der Waals surface area contributed by atoms with Crippen LogP contribution in [-0.2, 0) is 12.1 Å². The second-order valence-corrected chi connectivity index (χ2v) is 6.80. The standard InChI is InChI=1S/C26H23N.H2O/c1-5-13-22(14-6-1)21-27-26(23-15-7-2-8-16-23,24-17-9-3-10-18-24)25-19-11-4-12-20-25;/h1-20,27H,21H2;1H2. The fourth-order valence-electron chi connectivity index (χ4n) is 3.84. The van der Waals surface area contributed by atoms with Crippen LogP contribution in [0.5, 0.6) is 0 Å². The van der Waals surface area contributed by atoms with Gasteiger partial charge in [0, 0.05) is 22.3 Å². The van der Waals surface area contributed by atoms with Crippen molar-refractivity contribution in [3.05, 3.63) is 144 Å². The summed E-state index contributed by atoms with van der Waals surface area (Å²) in [5.41, 5.74) is 4.90. The summed E-state index contributed by atoms with van der Waals surface area (Å²) < 4.78 is 0. The predicted molar refractivity (Wildman–Crippen MR) is 113 cm³/mol. The summed E-state index contributed by atoms with van der Waals surface area (Å²) in [7, 11) is 0. The van der Waals surface area contributed by atoms with Crippen LogP contribution in [-0.4, -0.2) is 5.48 Å². The molecule has 0 amide bonds. The van der Waals surface area contributed by atoms with E-state index in [-0.39, 0.29) is 11.0 Å². The minimum Gasteiger partial charge on any atom is -0.870 e. The van der Waals surface area contributed by atoms with E-state index in [9.17, 15) is 0 Å². The molecule has 0 radical (unpaired) electrons. The average Bonchev–Trinajstić information content (AvgIpc) is 2.77. The molecule has 0 bridgehead atoms. The predicted octanol–water partition coefficient (Wildman–Crippen LogP) is 4.57. The maximum atomic E-state index is 2.46. The first-order valence-corrected chi connectivity index (χ1v) is 9.44. The smallest absolute Gasteiger partial charge is 0.173 e. The van der Waals surface area contributed by atoms with E-state index in [1.54, 1.807) is 0 Å². The molecule has 2 heteroatoms. The lowest BCUT2D eigenvalue weighted by atomic mass is 9.77. The molecule has 3 N–H and O–H groups in total. The molecule has 0 unspecified atom stereocenters. The lowest BCUT2D eigenvalue weighted by Crippen LogP contribution is -2.94. The molecule has 2 nitrogen and oxygen atoms in total. The summed E-state index contributed by atoms with van der Waals surface area (Å²) in [4.78, 5) is 0. The molecule has 0 aliphatic rings. The van der Waals surface area contributed by atoms with Crippen molar-refractivity contribution < 1.29 is 10.8 Å². The van der Waals surface area contributed by atoms with Crippen molar-refractivity contribution in [2.24, 2.45) is 0 Å². The van der Waals surface area contributed by atoms with Gasteiger partial charge in [-0.1, -0.05) is 121 Å². The Kier molecular flexibility index (Phi) is 6.38. The van der Waals surface area contributed by atoms with E-state index in [2.05, 4.69) is 127 Å². The molecule has 140 valence electrons. The molecule has 4 aromatic rings. The van der Waals surface area contributed by atoms with Gasteiger partial charge in [0.25, 0.3) is 0 Å². The number of rotatable bonds is 6. The van der Waals surface area contributed by atoms with Crippen molar-refractivity contribution in [2.45, 2.75) is 12.1 Å². The van der Waals surface area contributed by atoms with Crippen molar-refractivity contribution >= 4 is 0 Å². The van der Waals surface area contributed by atoms with Gasteiger partial charge in [0.15, 0.2) is 5.54 Å². The van der Waals surface area contributed by atoms with Crippen LogP contribution in [0, 0.1) is 0 Å². The molecule has 0 spiro atoms. The third-order valence-corrected chi connectivity index (χ3v) is 5.17. The number of quaternary nitrogens is 1. The molecule has 0 saturated heterocycles. The van der Waals surface area contributed by atoms with E-state index in [1.165, 1.54) is 22.3 Å².